The monoisotopic (exact) mass is 171 g/mol. The molecule has 0 fully saturated rings. The summed E-state index contributed by atoms with van der Waals surface area (Å²) < 4.78 is 23.5. The van der Waals surface area contributed by atoms with Gasteiger partial charge in [0.05, 0.1) is 5.75 Å². The number of rotatable bonds is 3. The van der Waals surface area contributed by atoms with Gasteiger partial charge >= 0.3 is 0 Å². The lowest BCUT2D eigenvalue weighted by atomic mass is 10.7. The van der Waals surface area contributed by atoms with Crippen LogP contribution in [-0.2, 0) is 10.0 Å². The number of aromatic nitrogens is 1. The van der Waals surface area contributed by atoms with Gasteiger partial charge in [0.2, 0.25) is 10.0 Å². The molecular weight excluding hydrogens is 162 g/mol. The van der Waals surface area contributed by atoms with Crippen molar-refractivity contribution in [3.63, 3.8) is 0 Å². The summed E-state index contributed by atoms with van der Waals surface area (Å²) in [4.78, 5) is 0. The van der Waals surface area contributed by atoms with Gasteiger partial charge < -0.3 is 0 Å². The molecule has 0 atom stereocenters. The Morgan fingerprint density at radius 2 is 1.91 bits per heavy atom. The number of nitrogens with zero attached hydrogens (tertiary/aromatic N) is 1. The molecule has 4 heteroatoms. The highest BCUT2D eigenvalue weighted by Gasteiger charge is 2.07. The van der Waals surface area contributed by atoms with Gasteiger partial charge in [-0.1, -0.05) is 6.08 Å². The fourth-order valence-electron chi connectivity index (χ4n) is 0.739. The van der Waals surface area contributed by atoms with E-state index in [0.29, 0.717) is 0 Å². The van der Waals surface area contributed by atoms with Crippen LogP contribution in [0.25, 0.3) is 0 Å². The van der Waals surface area contributed by atoms with Gasteiger partial charge in [-0.2, -0.15) is 0 Å². The second-order valence-corrected chi connectivity index (χ2v) is 4.00. The molecule has 3 nitrogen and oxygen atoms in total. The molecule has 1 aromatic rings. The average molecular weight is 171 g/mol. The number of hydrogen-bond donors (Lipinski definition) is 0. The third-order valence-electron chi connectivity index (χ3n) is 1.23. The third kappa shape index (κ3) is 1.71. The summed E-state index contributed by atoms with van der Waals surface area (Å²) in [7, 11) is -3.17. The molecule has 0 aliphatic carbocycles. The van der Waals surface area contributed by atoms with Crippen molar-refractivity contribution in [2.45, 2.75) is 0 Å². The maximum absolute atomic E-state index is 11.2. The molecular formula is C7H9NO2S. The molecule has 0 saturated heterocycles. The zero-order valence-corrected chi connectivity index (χ0v) is 6.79. The van der Waals surface area contributed by atoms with Gasteiger partial charge in [0, 0.05) is 12.4 Å². The van der Waals surface area contributed by atoms with Crippen molar-refractivity contribution in [2.24, 2.45) is 0 Å². The molecule has 0 unspecified atom stereocenters. The maximum atomic E-state index is 11.2. The van der Waals surface area contributed by atoms with E-state index in [1.54, 1.807) is 12.1 Å². The molecule has 1 heterocycles. The quantitative estimate of drug-likeness (QED) is 0.632. The maximum Gasteiger partial charge on any atom is 0.241 e. The van der Waals surface area contributed by atoms with E-state index in [0.717, 1.165) is 0 Å². The molecule has 11 heavy (non-hydrogen) atoms. The molecule has 0 radical (unpaired) electrons. The first-order valence-corrected chi connectivity index (χ1v) is 4.75. The molecule has 0 aromatic carbocycles. The van der Waals surface area contributed by atoms with Gasteiger partial charge in [0.25, 0.3) is 0 Å². The van der Waals surface area contributed by atoms with Gasteiger partial charge in [0.1, 0.15) is 0 Å². The van der Waals surface area contributed by atoms with Gasteiger partial charge in [-0.25, -0.2) is 8.42 Å². The molecule has 0 saturated carbocycles. The SMILES string of the molecule is C=CCS(=O)(=O)n1cccc1. The molecule has 0 spiro atoms. The van der Waals surface area contributed by atoms with Gasteiger partial charge in [-0.05, 0) is 12.1 Å². The molecule has 0 bridgehead atoms. The van der Waals surface area contributed by atoms with E-state index in [1.807, 2.05) is 0 Å². The van der Waals surface area contributed by atoms with Crippen LogP contribution in [0.3, 0.4) is 0 Å². The van der Waals surface area contributed by atoms with Gasteiger partial charge in [-0.3, -0.25) is 3.97 Å². The number of hydrogen-bond acceptors (Lipinski definition) is 2. The first-order valence-electron chi connectivity index (χ1n) is 3.14. The zero-order valence-electron chi connectivity index (χ0n) is 5.97. The van der Waals surface area contributed by atoms with Crippen LogP contribution in [-0.4, -0.2) is 18.1 Å². The van der Waals surface area contributed by atoms with Crippen molar-refractivity contribution in [2.75, 3.05) is 5.75 Å². The van der Waals surface area contributed by atoms with Crippen LogP contribution >= 0.6 is 0 Å². The minimum absolute atomic E-state index is 0.0261. The zero-order chi connectivity index (χ0) is 8.32. The Labute approximate surface area is 66.0 Å². The van der Waals surface area contributed by atoms with E-state index in [4.69, 9.17) is 0 Å². The summed E-state index contributed by atoms with van der Waals surface area (Å²) in [5, 5.41) is 0. The summed E-state index contributed by atoms with van der Waals surface area (Å²) >= 11 is 0. The van der Waals surface area contributed by atoms with E-state index < -0.39 is 10.0 Å². The first-order chi connectivity index (χ1) is 5.17. The van der Waals surface area contributed by atoms with Gasteiger partial charge in [0.15, 0.2) is 0 Å². The summed E-state index contributed by atoms with van der Waals surface area (Å²) in [6.45, 7) is 3.36. The van der Waals surface area contributed by atoms with Crippen molar-refractivity contribution in [3.8, 4) is 0 Å². The van der Waals surface area contributed by atoms with Gasteiger partial charge in [-0.15, -0.1) is 6.58 Å². The lowest BCUT2D eigenvalue weighted by Crippen LogP contribution is -2.12. The Morgan fingerprint density at radius 1 is 1.36 bits per heavy atom. The summed E-state index contributed by atoms with van der Waals surface area (Å²) in [6, 6.07) is 3.33. The molecule has 0 aliphatic heterocycles. The molecule has 0 N–H and O–H groups in total. The van der Waals surface area contributed by atoms with E-state index in [-0.39, 0.29) is 5.75 Å². The van der Waals surface area contributed by atoms with Crippen molar-refractivity contribution >= 4 is 10.0 Å². The van der Waals surface area contributed by atoms with E-state index in [1.165, 1.54) is 22.4 Å². The Hall–Kier alpha value is -1.03. The molecule has 0 amide bonds. The second-order valence-electron chi connectivity index (χ2n) is 2.08. The Kier molecular flexibility index (Phi) is 2.14. The van der Waals surface area contributed by atoms with Crippen LogP contribution in [0.1, 0.15) is 0 Å². The lowest BCUT2D eigenvalue weighted by molar-refractivity contribution is 0.590. The summed E-state index contributed by atoms with van der Waals surface area (Å²) in [5.41, 5.74) is 0. The third-order valence-corrected chi connectivity index (χ3v) is 2.77. The summed E-state index contributed by atoms with van der Waals surface area (Å²) in [5.74, 6) is -0.0261. The summed E-state index contributed by atoms with van der Waals surface area (Å²) in [6.07, 6.45) is 4.37. The predicted molar refractivity (Wildman–Crippen MR) is 43.8 cm³/mol. The Morgan fingerprint density at radius 3 is 2.36 bits per heavy atom. The minimum Gasteiger partial charge on any atom is -0.253 e. The topological polar surface area (TPSA) is 39.1 Å². The largest absolute Gasteiger partial charge is 0.253 e. The van der Waals surface area contributed by atoms with Crippen molar-refractivity contribution in [1.29, 1.82) is 0 Å². The normalized spacial score (nSPS) is 11.3. The highest BCUT2D eigenvalue weighted by molar-refractivity contribution is 7.90. The average Bonchev–Trinajstić information content (AvgIpc) is 2.37. The molecule has 0 aliphatic rings. The molecule has 1 rings (SSSR count). The van der Waals surface area contributed by atoms with E-state index in [9.17, 15) is 8.42 Å². The standard InChI is InChI=1S/C7H9NO2S/c1-2-7-11(9,10)8-5-3-4-6-8/h2-6H,1,7H2. The minimum atomic E-state index is -3.17. The fourth-order valence-corrected chi connectivity index (χ4v) is 1.72. The van der Waals surface area contributed by atoms with Crippen LogP contribution in [0, 0.1) is 0 Å². The second kappa shape index (κ2) is 2.92. The Balaban J connectivity index is 3.01. The highest BCUT2D eigenvalue weighted by Crippen LogP contribution is 1.98. The van der Waals surface area contributed by atoms with Crippen LogP contribution in [0.2, 0.25) is 0 Å². The van der Waals surface area contributed by atoms with E-state index >= 15 is 0 Å². The van der Waals surface area contributed by atoms with Crippen LogP contribution < -0.4 is 0 Å². The van der Waals surface area contributed by atoms with E-state index in [2.05, 4.69) is 6.58 Å². The van der Waals surface area contributed by atoms with Crippen molar-refractivity contribution in [1.82, 2.24) is 3.97 Å². The van der Waals surface area contributed by atoms with Crippen LogP contribution in [0.15, 0.2) is 37.2 Å². The molecule has 1 aromatic heterocycles. The lowest BCUT2D eigenvalue weighted by Gasteiger charge is -2.00. The molecule has 60 valence electrons. The predicted octanol–water partition coefficient (Wildman–Crippen LogP) is 0.852. The fraction of sp³-hybridized carbons (Fsp3) is 0.143. The highest BCUT2D eigenvalue weighted by atomic mass is 32.2. The Bertz CT molecular complexity index is 323. The first kappa shape index (κ1) is 8.07. The smallest absolute Gasteiger partial charge is 0.241 e. The van der Waals surface area contributed by atoms with Crippen LogP contribution in [0.4, 0.5) is 0 Å². The van der Waals surface area contributed by atoms with Crippen LogP contribution in [0.5, 0.6) is 0 Å². The van der Waals surface area contributed by atoms with Crippen molar-refractivity contribution < 1.29 is 8.42 Å². The van der Waals surface area contributed by atoms with Crippen molar-refractivity contribution in [3.05, 3.63) is 37.2 Å².